The van der Waals surface area contributed by atoms with Crippen molar-refractivity contribution in [2.45, 2.75) is 46.1 Å². The van der Waals surface area contributed by atoms with E-state index in [2.05, 4.69) is 25.6 Å². The van der Waals surface area contributed by atoms with Crippen molar-refractivity contribution in [2.75, 3.05) is 0 Å². The van der Waals surface area contributed by atoms with E-state index in [1.165, 1.54) is 6.42 Å². The number of esters is 1. The minimum Gasteiger partial charge on any atom is -0.458 e. The van der Waals surface area contributed by atoms with Gasteiger partial charge in [-0.15, -0.1) is 0 Å². The predicted molar refractivity (Wildman–Crippen MR) is 83.3 cm³/mol. The summed E-state index contributed by atoms with van der Waals surface area (Å²) in [5.41, 5.74) is 1.07. The molecule has 0 saturated heterocycles. The van der Waals surface area contributed by atoms with E-state index >= 15 is 0 Å². The van der Waals surface area contributed by atoms with E-state index in [0.29, 0.717) is 29.0 Å². The smallest absolute Gasteiger partial charge is 0.338 e. The zero-order valence-corrected chi connectivity index (χ0v) is 13.0. The summed E-state index contributed by atoms with van der Waals surface area (Å²) in [6.45, 7) is 13.6. The van der Waals surface area contributed by atoms with Gasteiger partial charge < -0.3 is 4.74 Å². The molecule has 3 nitrogen and oxygen atoms in total. The maximum atomic E-state index is 12.3. The van der Waals surface area contributed by atoms with Crippen molar-refractivity contribution in [1.29, 1.82) is 0 Å². The molecule has 1 aromatic rings. The molecule has 3 heteroatoms. The number of carbonyl (C=O) groups excluding carboxylic acids is 1. The SMILES string of the molecule is [C-]#[N+]c1ccc(C(=O)O[C@H]2C[C@H](C)CC[C@@H]2C(C)C)cc1. The van der Waals surface area contributed by atoms with E-state index in [0.717, 1.165) is 12.8 Å². The number of hydrogen-bond donors (Lipinski definition) is 0. The molecule has 1 aliphatic carbocycles. The first-order valence-corrected chi connectivity index (χ1v) is 7.69. The topological polar surface area (TPSA) is 30.7 Å². The Labute approximate surface area is 127 Å². The first-order chi connectivity index (χ1) is 10.0. The quantitative estimate of drug-likeness (QED) is 0.587. The Hall–Kier alpha value is -1.82. The van der Waals surface area contributed by atoms with E-state index < -0.39 is 0 Å². The molecule has 2 rings (SSSR count). The van der Waals surface area contributed by atoms with Crippen LogP contribution in [0.5, 0.6) is 0 Å². The highest BCUT2D eigenvalue weighted by molar-refractivity contribution is 5.90. The van der Waals surface area contributed by atoms with Crippen molar-refractivity contribution in [3.63, 3.8) is 0 Å². The summed E-state index contributed by atoms with van der Waals surface area (Å²) in [5.74, 6) is 1.33. The number of nitrogens with zero attached hydrogens (tertiary/aromatic N) is 1. The van der Waals surface area contributed by atoms with Crippen molar-refractivity contribution in [2.24, 2.45) is 17.8 Å². The fourth-order valence-corrected chi connectivity index (χ4v) is 3.13. The van der Waals surface area contributed by atoms with Gasteiger partial charge in [-0.3, -0.25) is 0 Å². The van der Waals surface area contributed by atoms with Crippen molar-refractivity contribution >= 4 is 11.7 Å². The molecule has 1 fully saturated rings. The molecule has 3 atom stereocenters. The minimum atomic E-state index is -0.267. The fourth-order valence-electron chi connectivity index (χ4n) is 3.13. The molecule has 1 saturated carbocycles. The molecule has 0 N–H and O–H groups in total. The highest BCUT2D eigenvalue weighted by Gasteiger charge is 2.33. The molecule has 0 amide bonds. The summed E-state index contributed by atoms with van der Waals surface area (Å²) in [6.07, 6.45) is 3.32. The highest BCUT2D eigenvalue weighted by atomic mass is 16.5. The third kappa shape index (κ3) is 3.85. The molecule has 21 heavy (non-hydrogen) atoms. The Kier molecular flexibility index (Phi) is 5.01. The van der Waals surface area contributed by atoms with E-state index in [-0.39, 0.29) is 12.1 Å². The van der Waals surface area contributed by atoms with Crippen LogP contribution in [0.15, 0.2) is 24.3 Å². The molecular weight excluding hydrogens is 262 g/mol. The third-order valence-corrected chi connectivity index (χ3v) is 4.45. The van der Waals surface area contributed by atoms with Gasteiger partial charge in [-0.2, -0.15) is 0 Å². The standard InChI is InChI=1S/C18H23NO2/c1-12(2)16-10-5-13(3)11-17(16)21-18(20)14-6-8-15(19-4)9-7-14/h6-9,12-13,16-17H,5,10-11H2,1-3H3/t13-,16-,17+/m1/s1. The molecular formula is C18H23NO2. The van der Waals surface area contributed by atoms with Gasteiger partial charge in [-0.25, -0.2) is 9.64 Å². The van der Waals surface area contributed by atoms with Crippen LogP contribution in [0.1, 0.15) is 50.4 Å². The van der Waals surface area contributed by atoms with Crippen LogP contribution in [0.4, 0.5) is 5.69 Å². The molecule has 0 unspecified atom stereocenters. The zero-order valence-electron chi connectivity index (χ0n) is 13.0. The van der Waals surface area contributed by atoms with Gasteiger partial charge in [0.05, 0.1) is 12.1 Å². The van der Waals surface area contributed by atoms with Gasteiger partial charge in [0, 0.05) is 0 Å². The number of benzene rings is 1. The van der Waals surface area contributed by atoms with Crippen LogP contribution in [0, 0.1) is 24.3 Å². The summed E-state index contributed by atoms with van der Waals surface area (Å²) < 4.78 is 5.78. The van der Waals surface area contributed by atoms with E-state index in [1.807, 2.05) is 0 Å². The Morgan fingerprint density at radius 3 is 2.52 bits per heavy atom. The molecule has 0 radical (unpaired) electrons. The van der Waals surface area contributed by atoms with Gasteiger partial charge in [0.25, 0.3) is 0 Å². The summed E-state index contributed by atoms with van der Waals surface area (Å²) in [4.78, 5) is 15.6. The maximum Gasteiger partial charge on any atom is 0.338 e. The molecule has 112 valence electrons. The average molecular weight is 285 g/mol. The Morgan fingerprint density at radius 2 is 1.95 bits per heavy atom. The Balaban J connectivity index is 2.07. The van der Waals surface area contributed by atoms with Gasteiger partial charge in [0.2, 0.25) is 0 Å². The van der Waals surface area contributed by atoms with Gasteiger partial charge in [0.15, 0.2) is 5.69 Å². The number of rotatable bonds is 3. The largest absolute Gasteiger partial charge is 0.458 e. The van der Waals surface area contributed by atoms with Gasteiger partial charge in [-0.05, 0) is 30.6 Å². The van der Waals surface area contributed by atoms with Crippen LogP contribution >= 0.6 is 0 Å². The van der Waals surface area contributed by atoms with Crippen molar-refractivity contribution < 1.29 is 9.53 Å². The monoisotopic (exact) mass is 285 g/mol. The maximum absolute atomic E-state index is 12.3. The molecule has 0 bridgehead atoms. The second-order valence-electron chi connectivity index (χ2n) is 6.43. The summed E-state index contributed by atoms with van der Waals surface area (Å²) in [5, 5.41) is 0. The fraction of sp³-hybridized carbons (Fsp3) is 0.556. The van der Waals surface area contributed by atoms with Crippen LogP contribution in [0.25, 0.3) is 4.85 Å². The van der Waals surface area contributed by atoms with Crippen LogP contribution in [0.3, 0.4) is 0 Å². The van der Waals surface area contributed by atoms with Crippen LogP contribution in [-0.2, 0) is 4.74 Å². The molecule has 0 spiro atoms. The van der Waals surface area contributed by atoms with Gasteiger partial charge >= 0.3 is 5.97 Å². The lowest BCUT2D eigenvalue weighted by Gasteiger charge is -2.36. The molecule has 0 aliphatic heterocycles. The summed E-state index contributed by atoms with van der Waals surface area (Å²) >= 11 is 0. The zero-order chi connectivity index (χ0) is 15.4. The van der Waals surface area contributed by atoms with Gasteiger partial charge in [0.1, 0.15) is 6.10 Å². The van der Waals surface area contributed by atoms with Gasteiger partial charge in [-0.1, -0.05) is 51.5 Å². The van der Waals surface area contributed by atoms with Crippen molar-refractivity contribution in [3.8, 4) is 0 Å². The Bertz CT molecular complexity index is 527. The van der Waals surface area contributed by atoms with Crippen LogP contribution in [0.2, 0.25) is 0 Å². The molecule has 0 aromatic heterocycles. The first-order valence-electron chi connectivity index (χ1n) is 7.69. The van der Waals surface area contributed by atoms with Crippen molar-refractivity contribution in [1.82, 2.24) is 0 Å². The first kappa shape index (κ1) is 15.6. The summed E-state index contributed by atoms with van der Waals surface area (Å²) in [6, 6.07) is 6.67. The average Bonchev–Trinajstić information content (AvgIpc) is 2.47. The van der Waals surface area contributed by atoms with Crippen LogP contribution < -0.4 is 0 Å². The third-order valence-electron chi connectivity index (χ3n) is 4.45. The summed E-state index contributed by atoms with van der Waals surface area (Å²) in [7, 11) is 0. The van der Waals surface area contributed by atoms with Crippen molar-refractivity contribution in [3.05, 3.63) is 41.2 Å². The number of ether oxygens (including phenoxy) is 1. The molecule has 1 aromatic carbocycles. The lowest BCUT2D eigenvalue weighted by Crippen LogP contribution is -2.35. The normalized spacial score (nSPS) is 25.4. The second-order valence-corrected chi connectivity index (χ2v) is 6.43. The second kappa shape index (κ2) is 6.76. The number of carbonyl (C=O) groups is 1. The predicted octanol–water partition coefficient (Wildman–Crippen LogP) is 4.85. The highest BCUT2D eigenvalue weighted by Crippen LogP contribution is 2.35. The Morgan fingerprint density at radius 1 is 1.29 bits per heavy atom. The van der Waals surface area contributed by atoms with E-state index in [9.17, 15) is 4.79 Å². The lowest BCUT2D eigenvalue weighted by atomic mass is 9.75. The number of hydrogen-bond acceptors (Lipinski definition) is 2. The minimum absolute atomic E-state index is 0.0155. The van der Waals surface area contributed by atoms with E-state index in [1.54, 1.807) is 24.3 Å². The van der Waals surface area contributed by atoms with E-state index in [4.69, 9.17) is 11.3 Å². The van der Waals surface area contributed by atoms with Crippen LogP contribution in [-0.4, -0.2) is 12.1 Å². The molecule has 0 heterocycles. The molecule has 1 aliphatic rings. The lowest BCUT2D eigenvalue weighted by molar-refractivity contribution is -0.0174.